The number of nitrogens with zero attached hydrogens (tertiary/aromatic N) is 5. The zero-order valence-electron chi connectivity index (χ0n) is 19.7. The van der Waals surface area contributed by atoms with E-state index < -0.39 is 0 Å². The van der Waals surface area contributed by atoms with Gasteiger partial charge in [-0.05, 0) is 49.0 Å². The van der Waals surface area contributed by atoms with Gasteiger partial charge in [0.15, 0.2) is 0 Å². The summed E-state index contributed by atoms with van der Waals surface area (Å²) in [6, 6.07) is 19.5. The van der Waals surface area contributed by atoms with Crippen molar-refractivity contribution >= 4 is 28.4 Å². The molecule has 8 heteroatoms. The molecule has 1 unspecified atom stereocenters. The van der Waals surface area contributed by atoms with Crippen molar-refractivity contribution < 1.29 is 4.74 Å². The fraction of sp³-hybridized carbons (Fsp3) is 0.296. The van der Waals surface area contributed by atoms with Gasteiger partial charge < -0.3 is 19.9 Å². The number of hydrogen-bond acceptors (Lipinski definition) is 7. The Labute approximate surface area is 203 Å². The second-order valence-corrected chi connectivity index (χ2v) is 9.25. The maximum absolute atomic E-state index is 12.9. The van der Waals surface area contributed by atoms with Crippen LogP contribution in [0.25, 0.3) is 11.0 Å². The number of benzene rings is 2. The normalized spacial score (nSPS) is 18.2. The number of piperazine rings is 1. The molecule has 2 aliphatic rings. The Balaban J connectivity index is 1.26. The second-order valence-electron chi connectivity index (χ2n) is 9.25. The number of ether oxygens (including phenoxy) is 1. The molecule has 1 atom stereocenters. The van der Waals surface area contributed by atoms with Crippen LogP contribution in [0.15, 0.2) is 71.7 Å². The zero-order chi connectivity index (χ0) is 23.8. The van der Waals surface area contributed by atoms with Crippen LogP contribution in [0, 0.1) is 0 Å². The van der Waals surface area contributed by atoms with Crippen LogP contribution < -0.4 is 20.5 Å². The largest absolute Gasteiger partial charge is 0.491 e. The summed E-state index contributed by atoms with van der Waals surface area (Å²) >= 11 is 0. The first-order chi connectivity index (χ1) is 17.1. The molecule has 6 rings (SSSR count). The molecule has 0 bridgehead atoms. The van der Waals surface area contributed by atoms with Gasteiger partial charge >= 0.3 is 0 Å². The Morgan fingerprint density at radius 1 is 0.971 bits per heavy atom. The Morgan fingerprint density at radius 2 is 1.77 bits per heavy atom. The number of aromatic nitrogens is 3. The zero-order valence-corrected chi connectivity index (χ0v) is 19.7. The predicted octanol–water partition coefficient (Wildman–Crippen LogP) is 3.46. The highest BCUT2D eigenvalue weighted by molar-refractivity contribution is 5.76. The number of anilines is 3. The molecule has 1 N–H and O–H groups in total. The van der Waals surface area contributed by atoms with Crippen LogP contribution in [0.3, 0.4) is 0 Å². The lowest BCUT2D eigenvalue weighted by atomic mass is 10.0. The van der Waals surface area contributed by atoms with Gasteiger partial charge in [-0.25, -0.2) is 4.98 Å². The molecule has 1 saturated heterocycles. The van der Waals surface area contributed by atoms with Crippen LogP contribution in [0.1, 0.15) is 11.6 Å². The van der Waals surface area contributed by atoms with Crippen molar-refractivity contribution in [3.63, 3.8) is 0 Å². The first-order valence-corrected chi connectivity index (χ1v) is 12.0. The lowest BCUT2D eigenvalue weighted by molar-refractivity contribution is 0.224. The highest BCUT2D eigenvalue weighted by Gasteiger charge is 2.24. The van der Waals surface area contributed by atoms with Crippen LogP contribution in [-0.2, 0) is 6.42 Å². The van der Waals surface area contributed by atoms with Crippen LogP contribution in [-0.4, -0.2) is 59.3 Å². The first-order valence-electron chi connectivity index (χ1n) is 12.0. The molecule has 0 radical (unpaired) electrons. The molecular formula is C27H28N6O2. The van der Waals surface area contributed by atoms with Gasteiger partial charge in [0.05, 0.1) is 6.04 Å². The molecule has 2 aliphatic heterocycles. The van der Waals surface area contributed by atoms with E-state index in [4.69, 9.17) is 9.72 Å². The van der Waals surface area contributed by atoms with E-state index in [1.54, 1.807) is 22.9 Å². The van der Waals surface area contributed by atoms with Crippen LogP contribution >= 0.6 is 0 Å². The van der Waals surface area contributed by atoms with Gasteiger partial charge in [0, 0.05) is 61.6 Å². The number of pyridine rings is 1. The third kappa shape index (κ3) is 4.33. The van der Waals surface area contributed by atoms with Crippen molar-refractivity contribution in [3.8, 4) is 5.75 Å². The predicted molar refractivity (Wildman–Crippen MR) is 138 cm³/mol. The molecule has 2 aromatic carbocycles. The number of nitrogens with one attached hydrogen (secondary N) is 1. The van der Waals surface area contributed by atoms with Crippen molar-refractivity contribution in [1.82, 2.24) is 19.4 Å². The van der Waals surface area contributed by atoms with Crippen molar-refractivity contribution in [3.05, 3.63) is 82.8 Å². The van der Waals surface area contributed by atoms with Crippen molar-refractivity contribution in [2.75, 3.05) is 50.1 Å². The number of hydrogen-bond donors (Lipinski definition) is 1. The minimum Gasteiger partial charge on any atom is -0.491 e. The molecule has 4 heterocycles. The fourth-order valence-electron chi connectivity index (χ4n) is 4.88. The number of likely N-dealkylation sites (N-methyl/N-ethyl adjacent to an activating group) is 1. The van der Waals surface area contributed by atoms with Crippen LogP contribution in [0.5, 0.6) is 5.75 Å². The maximum Gasteiger partial charge on any atom is 0.252 e. The van der Waals surface area contributed by atoms with Gasteiger partial charge in [-0.3, -0.25) is 9.36 Å². The summed E-state index contributed by atoms with van der Waals surface area (Å²) in [7, 11) is 2.16. The average Bonchev–Trinajstić information content (AvgIpc) is 2.89. The van der Waals surface area contributed by atoms with Crippen LogP contribution in [0.2, 0.25) is 0 Å². The molecule has 2 aromatic heterocycles. The molecular weight excluding hydrogens is 440 g/mol. The third-order valence-electron chi connectivity index (χ3n) is 6.88. The topological polar surface area (TPSA) is 75.5 Å². The molecule has 35 heavy (non-hydrogen) atoms. The Morgan fingerprint density at radius 3 is 2.60 bits per heavy atom. The first kappa shape index (κ1) is 21.6. The lowest BCUT2D eigenvalue weighted by Gasteiger charge is -2.34. The van der Waals surface area contributed by atoms with E-state index in [9.17, 15) is 4.79 Å². The van der Waals surface area contributed by atoms with E-state index in [0.29, 0.717) is 18.2 Å². The van der Waals surface area contributed by atoms with Gasteiger partial charge in [-0.2, -0.15) is 4.98 Å². The summed E-state index contributed by atoms with van der Waals surface area (Å²) in [5, 5.41) is 4.12. The smallest absolute Gasteiger partial charge is 0.252 e. The highest BCUT2D eigenvalue weighted by atomic mass is 16.5. The fourth-order valence-corrected chi connectivity index (χ4v) is 4.88. The molecule has 178 valence electrons. The van der Waals surface area contributed by atoms with Gasteiger partial charge in [-0.1, -0.05) is 18.2 Å². The third-order valence-corrected chi connectivity index (χ3v) is 6.88. The standard InChI is InChI=1S/C27H28N6O2/c1-31-12-14-32(15-13-31)22-9-7-21(8-10-22)29-27-28-17-20-6-11-25(34)33(26(20)30-27)23-16-19-4-2-3-5-24(19)35-18-23/h2-11,17,23H,12-16,18H2,1H3,(H,28,29,30). The minimum absolute atomic E-state index is 0.0911. The molecule has 1 fully saturated rings. The van der Waals surface area contributed by atoms with E-state index in [2.05, 4.69) is 39.3 Å². The van der Waals surface area contributed by atoms with Crippen LogP contribution in [0.4, 0.5) is 17.3 Å². The summed E-state index contributed by atoms with van der Waals surface area (Å²) < 4.78 is 7.71. The summed E-state index contributed by atoms with van der Waals surface area (Å²) in [5.41, 5.74) is 3.74. The molecule has 0 spiro atoms. The van der Waals surface area contributed by atoms with E-state index in [1.807, 2.05) is 36.4 Å². The number of rotatable bonds is 4. The molecule has 0 aliphatic carbocycles. The summed E-state index contributed by atoms with van der Waals surface area (Å²) in [5.74, 6) is 1.34. The monoisotopic (exact) mass is 468 g/mol. The summed E-state index contributed by atoms with van der Waals surface area (Å²) in [6.45, 7) is 4.64. The van der Waals surface area contributed by atoms with E-state index in [-0.39, 0.29) is 11.6 Å². The molecule has 0 saturated carbocycles. The quantitative estimate of drug-likeness (QED) is 0.492. The Bertz CT molecular complexity index is 1410. The molecule has 8 nitrogen and oxygen atoms in total. The van der Waals surface area contributed by atoms with Crippen molar-refractivity contribution in [2.24, 2.45) is 0 Å². The Hall–Kier alpha value is -3.91. The van der Waals surface area contributed by atoms with E-state index >= 15 is 0 Å². The lowest BCUT2D eigenvalue weighted by Crippen LogP contribution is -2.44. The van der Waals surface area contributed by atoms with Crippen molar-refractivity contribution in [1.29, 1.82) is 0 Å². The molecule has 4 aromatic rings. The highest BCUT2D eigenvalue weighted by Crippen LogP contribution is 2.30. The van der Waals surface area contributed by atoms with Gasteiger partial charge in [0.1, 0.15) is 18.0 Å². The second kappa shape index (κ2) is 9.03. The van der Waals surface area contributed by atoms with E-state index in [1.165, 1.54) is 5.69 Å². The van der Waals surface area contributed by atoms with Gasteiger partial charge in [0.2, 0.25) is 5.95 Å². The SMILES string of the molecule is CN1CCN(c2ccc(Nc3ncc4ccc(=O)n(C5COc6ccccc6C5)c4n3)cc2)CC1. The van der Waals surface area contributed by atoms with E-state index in [0.717, 1.165) is 55.0 Å². The maximum atomic E-state index is 12.9. The molecule has 0 amide bonds. The minimum atomic E-state index is -0.133. The average molecular weight is 469 g/mol. The van der Waals surface area contributed by atoms with Crippen molar-refractivity contribution in [2.45, 2.75) is 12.5 Å². The summed E-state index contributed by atoms with van der Waals surface area (Å²) in [6.07, 6.45) is 2.48. The Kier molecular flexibility index (Phi) is 5.58. The number of fused-ring (bicyclic) bond motifs is 2. The van der Waals surface area contributed by atoms with Gasteiger partial charge in [-0.15, -0.1) is 0 Å². The summed E-state index contributed by atoms with van der Waals surface area (Å²) in [4.78, 5) is 26.9. The van der Waals surface area contributed by atoms with Gasteiger partial charge in [0.25, 0.3) is 5.56 Å². The number of para-hydroxylation sites is 1.